The number of thiophene rings is 2. The van der Waals surface area contributed by atoms with Crippen LogP contribution in [0.2, 0.25) is 0 Å². The number of benzene rings is 1. The highest BCUT2D eigenvalue weighted by atomic mass is 32.1. The average molecular weight is 289 g/mol. The number of nitrogens with one attached hydrogen (secondary N) is 1. The third kappa shape index (κ3) is 2.62. The van der Waals surface area contributed by atoms with Crippen molar-refractivity contribution in [2.45, 2.75) is 6.54 Å². The van der Waals surface area contributed by atoms with E-state index in [2.05, 4.69) is 5.32 Å². The van der Waals surface area contributed by atoms with Crippen LogP contribution in [0.4, 0.5) is 0 Å². The van der Waals surface area contributed by atoms with Gasteiger partial charge in [0.05, 0.1) is 4.88 Å². The molecule has 0 aliphatic carbocycles. The zero-order chi connectivity index (χ0) is 13.2. The second kappa shape index (κ2) is 5.03. The highest BCUT2D eigenvalue weighted by Gasteiger charge is 2.10. The van der Waals surface area contributed by atoms with Gasteiger partial charge in [-0.05, 0) is 35.2 Å². The van der Waals surface area contributed by atoms with Gasteiger partial charge in [-0.2, -0.15) is 0 Å². The van der Waals surface area contributed by atoms with Crippen molar-refractivity contribution in [3.8, 4) is 5.75 Å². The predicted octanol–water partition coefficient (Wildman–Crippen LogP) is 3.60. The zero-order valence-corrected chi connectivity index (χ0v) is 11.6. The van der Waals surface area contributed by atoms with Crippen molar-refractivity contribution in [3.63, 3.8) is 0 Å². The van der Waals surface area contributed by atoms with Gasteiger partial charge in [0.15, 0.2) is 0 Å². The van der Waals surface area contributed by atoms with Gasteiger partial charge in [0.25, 0.3) is 5.91 Å². The number of aromatic hydroxyl groups is 1. The summed E-state index contributed by atoms with van der Waals surface area (Å²) in [5.74, 6) is 0.176. The van der Waals surface area contributed by atoms with E-state index in [4.69, 9.17) is 0 Å². The third-order valence-electron chi connectivity index (χ3n) is 2.75. The van der Waals surface area contributed by atoms with Crippen molar-refractivity contribution in [2.24, 2.45) is 0 Å². The number of amides is 1. The Balaban J connectivity index is 1.68. The molecule has 3 rings (SSSR count). The van der Waals surface area contributed by atoms with Crippen LogP contribution in [-0.4, -0.2) is 11.0 Å². The number of rotatable bonds is 3. The van der Waals surface area contributed by atoms with E-state index in [0.29, 0.717) is 6.54 Å². The molecule has 0 unspecified atom stereocenters. The molecule has 0 atom stereocenters. The molecule has 2 aromatic heterocycles. The van der Waals surface area contributed by atoms with E-state index in [-0.39, 0.29) is 11.7 Å². The molecule has 19 heavy (non-hydrogen) atoms. The number of phenolic OH excluding ortho intramolecular Hbond substituents is 1. The molecule has 0 aliphatic heterocycles. The van der Waals surface area contributed by atoms with Crippen LogP contribution in [0, 0.1) is 0 Å². The Morgan fingerprint density at radius 1 is 1.16 bits per heavy atom. The van der Waals surface area contributed by atoms with Gasteiger partial charge >= 0.3 is 0 Å². The summed E-state index contributed by atoms with van der Waals surface area (Å²) in [5, 5.41) is 14.1. The molecule has 0 fully saturated rings. The van der Waals surface area contributed by atoms with Crippen molar-refractivity contribution in [1.82, 2.24) is 5.32 Å². The third-order valence-corrected chi connectivity index (χ3v) is 4.84. The van der Waals surface area contributed by atoms with Crippen molar-refractivity contribution < 1.29 is 9.90 Å². The first kappa shape index (κ1) is 12.2. The monoisotopic (exact) mass is 289 g/mol. The number of carbonyl (C=O) groups excluding carboxylic acids is 1. The minimum absolute atomic E-state index is 0.0542. The second-order valence-corrected chi connectivity index (χ2v) is 6.14. The van der Waals surface area contributed by atoms with Gasteiger partial charge in [-0.25, -0.2) is 0 Å². The lowest BCUT2D eigenvalue weighted by molar-refractivity contribution is 0.0955. The molecule has 0 saturated carbocycles. The standard InChI is InChI=1S/C14H11NO2S2/c16-10-3-1-9(2-4-10)8-15-14(17)13-7-12-11(19-13)5-6-18-12/h1-7,16H,8H2,(H,15,17). The molecular formula is C14H11NO2S2. The fourth-order valence-corrected chi connectivity index (χ4v) is 3.79. The minimum Gasteiger partial charge on any atom is -0.508 e. The number of fused-ring (bicyclic) bond motifs is 1. The van der Waals surface area contributed by atoms with Crippen LogP contribution >= 0.6 is 22.7 Å². The fourth-order valence-electron chi connectivity index (χ4n) is 1.76. The lowest BCUT2D eigenvalue weighted by atomic mass is 10.2. The summed E-state index contributed by atoms with van der Waals surface area (Å²) in [6.07, 6.45) is 0. The number of hydrogen-bond donors (Lipinski definition) is 2. The normalized spacial score (nSPS) is 10.7. The summed E-state index contributed by atoms with van der Waals surface area (Å²) in [7, 11) is 0. The molecule has 0 aliphatic rings. The Kier molecular flexibility index (Phi) is 3.23. The fraction of sp³-hybridized carbons (Fsp3) is 0.0714. The van der Waals surface area contributed by atoms with Crippen LogP contribution in [0.1, 0.15) is 15.2 Å². The highest BCUT2D eigenvalue weighted by molar-refractivity contribution is 7.27. The predicted molar refractivity (Wildman–Crippen MR) is 79.0 cm³/mol. The van der Waals surface area contributed by atoms with E-state index in [1.807, 2.05) is 17.5 Å². The van der Waals surface area contributed by atoms with E-state index in [1.54, 1.807) is 35.6 Å². The van der Waals surface area contributed by atoms with Crippen LogP contribution in [0.3, 0.4) is 0 Å². The van der Waals surface area contributed by atoms with Gasteiger partial charge < -0.3 is 10.4 Å². The number of phenols is 1. The summed E-state index contributed by atoms with van der Waals surface area (Å²) in [5.41, 5.74) is 0.963. The molecule has 3 aromatic rings. The SMILES string of the molecule is O=C(NCc1ccc(O)cc1)c1cc2sccc2s1. The largest absolute Gasteiger partial charge is 0.508 e. The van der Waals surface area contributed by atoms with Gasteiger partial charge in [0.2, 0.25) is 0 Å². The average Bonchev–Trinajstić information content (AvgIpc) is 2.98. The van der Waals surface area contributed by atoms with Gasteiger partial charge in [0, 0.05) is 15.9 Å². The van der Waals surface area contributed by atoms with Crippen LogP contribution in [0.5, 0.6) is 5.75 Å². The van der Waals surface area contributed by atoms with Crippen molar-refractivity contribution >= 4 is 38.0 Å². The van der Waals surface area contributed by atoms with E-state index in [9.17, 15) is 9.90 Å². The molecule has 0 spiro atoms. The molecular weight excluding hydrogens is 278 g/mol. The van der Waals surface area contributed by atoms with E-state index in [0.717, 1.165) is 19.8 Å². The number of hydrogen-bond acceptors (Lipinski definition) is 4. The smallest absolute Gasteiger partial charge is 0.261 e. The summed E-state index contributed by atoms with van der Waals surface area (Å²) < 4.78 is 2.31. The second-order valence-electron chi connectivity index (χ2n) is 4.11. The first-order valence-corrected chi connectivity index (χ1v) is 7.45. The Morgan fingerprint density at radius 3 is 2.68 bits per heavy atom. The molecule has 1 amide bonds. The Morgan fingerprint density at radius 2 is 1.95 bits per heavy atom. The number of carbonyl (C=O) groups is 1. The van der Waals surface area contributed by atoms with E-state index in [1.165, 1.54) is 11.3 Å². The van der Waals surface area contributed by atoms with Crippen LogP contribution in [-0.2, 0) is 6.54 Å². The molecule has 1 aromatic carbocycles. The lowest BCUT2D eigenvalue weighted by Crippen LogP contribution is -2.21. The Labute approximate surface area is 118 Å². The summed E-state index contributed by atoms with van der Waals surface area (Å²) in [6, 6.07) is 10.8. The Hall–Kier alpha value is -1.85. The molecule has 0 saturated heterocycles. The Bertz CT molecular complexity index is 684. The molecule has 5 heteroatoms. The first-order chi connectivity index (χ1) is 9.22. The quantitative estimate of drug-likeness (QED) is 0.774. The lowest BCUT2D eigenvalue weighted by Gasteiger charge is -2.03. The van der Waals surface area contributed by atoms with Crippen LogP contribution in [0.25, 0.3) is 9.40 Å². The maximum absolute atomic E-state index is 12.0. The van der Waals surface area contributed by atoms with Crippen molar-refractivity contribution in [3.05, 3.63) is 52.2 Å². The van der Waals surface area contributed by atoms with Gasteiger partial charge in [-0.1, -0.05) is 12.1 Å². The molecule has 96 valence electrons. The van der Waals surface area contributed by atoms with Gasteiger partial charge in [0.1, 0.15) is 5.75 Å². The summed E-state index contributed by atoms with van der Waals surface area (Å²) in [4.78, 5) is 12.7. The molecule has 3 nitrogen and oxygen atoms in total. The van der Waals surface area contributed by atoms with Crippen LogP contribution < -0.4 is 5.32 Å². The highest BCUT2D eigenvalue weighted by Crippen LogP contribution is 2.29. The summed E-state index contributed by atoms with van der Waals surface area (Å²) in [6.45, 7) is 0.463. The van der Waals surface area contributed by atoms with Crippen molar-refractivity contribution in [1.29, 1.82) is 0 Å². The molecule has 2 N–H and O–H groups in total. The van der Waals surface area contributed by atoms with Crippen molar-refractivity contribution in [2.75, 3.05) is 0 Å². The maximum atomic E-state index is 12.0. The van der Waals surface area contributed by atoms with E-state index >= 15 is 0 Å². The van der Waals surface area contributed by atoms with E-state index < -0.39 is 0 Å². The first-order valence-electron chi connectivity index (χ1n) is 5.75. The van der Waals surface area contributed by atoms with Gasteiger partial charge in [-0.15, -0.1) is 22.7 Å². The summed E-state index contributed by atoms with van der Waals surface area (Å²) >= 11 is 3.15. The maximum Gasteiger partial charge on any atom is 0.261 e. The zero-order valence-electron chi connectivity index (χ0n) is 9.92. The minimum atomic E-state index is -0.0542. The molecule has 0 bridgehead atoms. The molecule has 2 heterocycles. The topological polar surface area (TPSA) is 49.3 Å². The van der Waals surface area contributed by atoms with Gasteiger partial charge in [-0.3, -0.25) is 4.79 Å². The molecule has 0 radical (unpaired) electrons. The van der Waals surface area contributed by atoms with Crippen LogP contribution in [0.15, 0.2) is 41.8 Å².